The second-order valence-corrected chi connectivity index (χ2v) is 12.4. The van der Waals surface area contributed by atoms with Gasteiger partial charge in [0.1, 0.15) is 6.10 Å². The van der Waals surface area contributed by atoms with Crippen LogP contribution in [0.5, 0.6) is 0 Å². The number of aliphatic hydroxyl groups excluding tert-OH is 1. The lowest BCUT2D eigenvalue weighted by Crippen LogP contribution is -2.78. The molecule has 2 aliphatic heterocycles. The van der Waals surface area contributed by atoms with E-state index in [4.69, 9.17) is 18.9 Å². The van der Waals surface area contributed by atoms with E-state index in [-0.39, 0.29) is 48.3 Å². The van der Waals surface area contributed by atoms with Crippen LogP contribution >= 0.6 is 0 Å². The highest BCUT2D eigenvalue weighted by atomic mass is 16.7. The van der Waals surface area contributed by atoms with Crippen molar-refractivity contribution in [2.45, 2.75) is 117 Å². The molecule has 7 nitrogen and oxygen atoms in total. The largest absolute Gasteiger partial charge is 0.454 e. The van der Waals surface area contributed by atoms with E-state index in [0.717, 1.165) is 17.6 Å². The molecule has 5 rings (SSSR count). The van der Waals surface area contributed by atoms with E-state index in [9.17, 15) is 15.0 Å². The third-order valence-corrected chi connectivity index (χ3v) is 10.5. The number of rotatable bonds is 3. The zero-order valence-electron chi connectivity index (χ0n) is 21.9. The van der Waals surface area contributed by atoms with E-state index in [2.05, 4.69) is 27.7 Å². The van der Waals surface area contributed by atoms with Crippen molar-refractivity contribution in [1.82, 2.24) is 0 Å². The van der Waals surface area contributed by atoms with Crippen LogP contribution in [0.25, 0.3) is 0 Å². The summed E-state index contributed by atoms with van der Waals surface area (Å²) in [6, 6.07) is 0. The number of fused-ring (bicyclic) bond motifs is 3. The van der Waals surface area contributed by atoms with Crippen LogP contribution in [0.3, 0.4) is 0 Å². The molecular formula is C27H42O7. The summed E-state index contributed by atoms with van der Waals surface area (Å²) >= 11 is 0. The van der Waals surface area contributed by atoms with Crippen molar-refractivity contribution in [3.63, 3.8) is 0 Å². The van der Waals surface area contributed by atoms with Crippen molar-refractivity contribution >= 4 is 5.97 Å². The van der Waals surface area contributed by atoms with Gasteiger partial charge in [-0.15, -0.1) is 0 Å². The van der Waals surface area contributed by atoms with E-state index >= 15 is 0 Å². The summed E-state index contributed by atoms with van der Waals surface area (Å²) in [4.78, 5) is 12.4. The number of aliphatic hydroxyl groups is 2. The number of hydrogen-bond donors (Lipinski definition) is 2. The highest BCUT2D eigenvalue weighted by molar-refractivity contribution is 5.67. The third kappa shape index (κ3) is 2.79. The van der Waals surface area contributed by atoms with Crippen LogP contribution in [0.1, 0.15) is 74.7 Å². The van der Waals surface area contributed by atoms with Gasteiger partial charge in [-0.1, -0.05) is 33.3 Å². The SMILES string of the molecule is CCC1O[C@H]2C[C@H]3OC[C@@]3(OC(C)=O)[C@H]3[C@H](C)[C@]4(C(C)(C)O)C[C@H](O)C(C)=C4[C@H](C)[C@H](O1)[C@]23C. The first-order chi connectivity index (χ1) is 15.8. The Bertz CT molecular complexity index is 907. The lowest BCUT2D eigenvalue weighted by atomic mass is 9.47. The lowest BCUT2D eigenvalue weighted by Gasteiger charge is -2.68. The minimum absolute atomic E-state index is 0.0478. The molecule has 5 aliphatic rings. The van der Waals surface area contributed by atoms with Crippen LogP contribution in [-0.4, -0.2) is 64.7 Å². The Morgan fingerprint density at radius 3 is 2.44 bits per heavy atom. The normalized spacial score (nSPS) is 52.2. The molecular weight excluding hydrogens is 436 g/mol. The molecule has 0 spiro atoms. The molecule has 11 atom stereocenters. The van der Waals surface area contributed by atoms with E-state index in [1.54, 1.807) is 0 Å². The van der Waals surface area contributed by atoms with Crippen molar-refractivity contribution < 1.29 is 34.0 Å². The maximum Gasteiger partial charge on any atom is 0.303 e. The molecule has 0 aromatic rings. The van der Waals surface area contributed by atoms with E-state index in [1.807, 2.05) is 20.8 Å². The molecule has 0 amide bonds. The fourth-order valence-electron chi connectivity index (χ4n) is 9.29. The minimum Gasteiger partial charge on any atom is -0.454 e. The number of hydrogen-bond acceptors (Lipinski definition) is 7. The van der Waals surface area contributed by atoms with E-state index < -0.39 is 28.1 Å². The van der Waals surface area contributed by atoms with Crippen LogP contribution in [0.15, 0.2) is 11.1 Å². The summed E-state index contributed by atoms with van der Waals surface area (Å²) in [5.74, 6) is -0.691. The molecule has 34 heavy (non-hydrogen) atoms. The molecule has 0 radical (unpaired) electrons. The molecule has 4 fully saturated rings. The van der Waals surface area contributed by atoms with Crippen molar-refractivity contribution in [3.05, 3.63) is 11.1 Å². The predicted molar refractivity (Wildman–Crippen MR) is 125 cm³/mol. The number of esters is 1. The van der Waals surface area contributed by atoms with Crippen LogP contribution in [0.4, 0.5) is 0 Å². The first-order valence-corrected chi connectivity index (χ1v) is 13.0. The monoisotopic (exact) mass is 478 g/mol. The maximum absolute atomic E-state index is 12.4. The summed E-state index contributed by atoms with van der Waals surface area (Å²) < 4.78 is 25.6. The predicted octanol–water partition coefficient (Wildman–Crippen LogP) is 3.36. The van der Waals surface area contributed by atoms with Crippen LogP contribution in [-0.2, 0) is 23.7 Å². The van der Waals surface area contributed by atoms with Gasteiger partial charge in [-0.3, -0.25) is 4.79 Å². The van der Waals surface area contributed by atoms with Gasteiger partial charge >= 0.3 is 5.97 Å². The highest BCUT2D eigenvalue weighted by Gasteiger charge is 2.77. The van der Waals surface area contributed by atoms with Gasteiger partial charge in [0.05, 0.1) is 30.5 Å². The summed E-state index contributed by atoms with van der Waals surface area (Å²) in [6.45, 7) is 16.2. The van der Waals surface area contributed by atoms with Crippen LogP contribution < -0.4 is 0 Å². The lowest BCUT2D eigenvalue weighted by molar-refractivity contribution is -0.394. The Hall–Kier alpha value is -0.990. The second-order valence-electron chi connectivity index (χ2n) is 12.4. The topological polar surface area (TPSA) is 94.5 Å². The van der Waals surface area contributed by atoms with E-state index in [0.29, 0.717) is 19.4 Å². The van der Waals surface area contributed by atoms with Crippen LogP contribution in [0, 0.1) is 28.6 Å². The first kappa shape index (κ1) is 24.7. The van der Waals surface area contributed by atoms with Crippen molar-refractivity contribution in [3.8, 4) is 0 Å². The van der Waals surface area contributed by atoms with Gasteiger partial charge < -0.3 is 29.2 Å². The van der Waals surface area contributed by atoms with Gasteiger partial charge in [-0.05, 0) is 45.1 Å². The average molecular weight is 479 g/mol. The molecule has 192 valence electrons. The third-order valence-electron chi connectivity index (χ3n) is 10.5. The number of carbonyl (C=O) groups is 1. The quantitative estimate of drug-likeness (QED) is 0.474. The Morgan fingerprint density at radius 2 is 1.91 bits per heavy atom. The molecule has 3 aliphatic carbocycles. The molecule has 0 bridgehead atoms. The fraction of sp³-hybridized carbons (Fsp3) is 0.889. The summed E-state index contributed by atoms with van der Waals surface area (Å²) in [5, 5.41) is 23.0. The van der Waals surface area contributed by atoms with Crippen LogP contribution in [0.2, 0.25) is 0 Å². The molecule has 2 heterocycles. The van der Waals surface area contributed by atoms with Gasteiger partial charge in [0.2, 0.25) is 0 Å². The Balaban J connectivity index is 1.80. The minimum atomic E-state index is -1.12. The van der Waals surface area contributed by atoms with Gasteiger partial charge in [-0.25, -0.2) is 0 Å². The maximum atomic E-state index is 12.4. The second kappa shape index (κ2) is 7.51. The average Bonchev–Trinajstić information content (AvgIpc) is 2.98. The van der Waals surface area contributed by atoms with Crippen molar-refractivity contribution in [1.29, 1.82) is 0 Å². The van der Waals surface area contributed by atoms with Gasteiger partial charge in [0, 0.05) is 36.0 Å². The van der Waals surface area contributed by atoms with Gasteiger partial charge in [0.25, 0.3) is 0 Å². The molecule has 0 aromatic heterocycles. The molecule has 2 saturated carbocycles. The van der Waals surface area contributed by atoms with Crippen molar-refractivity contribution in [2.24, 2.45) is 28.6 Å². The zero-order valence-corrected chi connectivity index (χ0v) is 21.9. The molecule has 0 aromatic carbocycles. The number of carbonyl (C=O) groups excluding carboxylic acids is 1. The fourth-order valence-corrected chi connectivity index (χ4v) is 9.29. The summed E-state index contributed by atoms with van der Waals surface area (Å²) in [7, 11) is 0. The zero-order chi connectivity index (χ0) is 25.0. The van der Waals surface area contributed by atoms with Gasteiger partial charge in [-0.2, -0.15) is 0 Å². The molecule has 7 heteroatoms. The Kier molecular flexibility index (Phi) is 5.46. The summed E-state index contributed by atoms with van der Waals surface area (Å²) in [6.07, 6.45) is 0.262. The number of ether oxygens (including phenoxy) is 4. The molecule has 1 unspecified atom stereocenters. The smallest absolute Gasteiger partial charge is 0.303 e. The molecule has 2 N–H and O–H groups in total. The standard InChI is InChI=1S/C27H42O7/c1-9-20-32-18-10-19-27(12-31-19,34-16(5)28)22-15(4)26(24(6,7)30)11-17(29)13(2)21(26)14(3)23(33-20)25(18,22)8/h14-15,17-20,22-23,29-30H,9-12H2,1-8H3/t14-,15-,17-,18-,19+,20?,22-,23-,25+,26+,27-/m0/s1. The Morgan fingerprint density at radius 1 is 1.24 bits per heavy atom. The first-order valence-electron chi connectivity index (χ1n) is 13.0. The van der Waals surface area contributed by atoms with Crippen molar-refractivity contribution in [2.75, 3.05) is 6.61 Å². The molecule has 2 saturated heterocycles. The Labute approximate surface area is 203 Å². The highest BCUT2D eigenvalue weighted by Crippen LogP contribution is 2.71. The van der Waals surface area contributed by atoms with E-state index in [1.165, 1.54) is 6.92 Å². The summed E-state index contributed by atoms with van der Waals surface area (Å²) in [5.41, 5.74) is -1.07. The van der Waals surface area contributed by atoms with Gasteiger partial charge in [0.15, 0.2) is 11.9 Å².